The zero-order chi connectivity index (χ0) is 14.9. The summed E-state index contributed by atoms with van der Waals surface area (Å²) in [4.78, 5) is 15.5. The van der Waals surface area contributed by atoms with E-state index >= 15 is 0 Å². The van der Waals surface area contributed by atoms with Gasteiger partial charge in [0.05, 0.1) is 0 Å². The molecule has 0 aromatic carbocycles. The zero-order valence-corrected chi connectivity index (χ0v) is 10.7. The largest absolute Gasteiger partial charge is 0.454 e. The molecule has 0 aromatic rings. The number of fused-ring (bicyclic) bond motifs is 1. The first-order chi connectivity index (χ1) is 9.20. The van der Waals surface area contributed by atoms with Crippen molar-refractivity contribution < 1.29 is 30.0 Å². The molecule has 2 bridgehead atoms. The molecule has 20 heavy (non-hydrogen) atoms. The lowest BCUT2D eigenvalue weighted by molar-refractivity contribution is -0.267. The van der Waals surface area contributed by atoms with E-state index in [1.165, 1.54) is 6.92 Å². The number of aliphatic hydroxyl groups is 4. The van der Waals surface area contributed by atoms with Gasteiger partial charge in [-0.15, -0.1) is 0 Å². The van der Waals surface area contributed by atoms with Gasteiger partial charge in [0.2, 0.25) is 0 Å². The summed E-state index contributed by atoms with van der Waals surface area (Å²) in [7, 11) is 0. The van der Waals surface area contributed by atoms with E-state index in [1.54, 1.807) is 0 Å². The molecule has 0 radical (unpaired) electrons. The molecule has 1 unspecified atom stereocenters. The van der Waals surface area contributed by atoms with Crippen LogP contribution in [0.25, 0.3) is 0 Å². The van der Waals surface area contributed by atoms with Crippen molar-refractivity contribution in [1.29, 1.82) is 0 Å². The standard InChI is InChI=1S/C11H17N3O6/c1-10(19)2-3-7(17)13-9(12)14-11(3)4(15)6(10)20-8(18)5(11)16/h3-7,15-17,19H,2H2,1H3,(H3,12,13,14)/t3-,4?,5-,6+,7+,10+,11-/m1/s1. The highest BCUT2D eigenvalue weighted by Gasteiger charge is 2.70. The molecule has 2 fully saturated rings. The zero-order valence-electron chi connectivity index (χ0n) is 10.7. The van der Waals surface area contributed by atoms with Crippen LogP contribution in [-0.2, 0) is 9.53 Å². The van der Waals surface area contributed by atoms with Crippen LogP contribution < -0.4 is 11.1 Å². The van der Waals surface area contributed by atoms with Crippen molar-refractivity contribution >= 4 is 11.9 Å². The van der Waals surface area contributed by atoms with Crippen LogP contribution in [0.2, 0.25) is 0 Å². The van der Waals surface area contributed by atoms with Crippen molar-refractivity contribution in [2.24, 2.45) is 16.6 Å². The number of aliphatic imine (C=N–C) groups is 1. The van der Waals surface area contributed by atoms with Gasteiger partial charge in [-0.25, -0.2) is 9.79 Å². The number of hydrogen-bond acceptors (Lipinski definition) is 9. The summed E-state index contributed by atoms with van der Waals surface area (Å²) >= 11 is 0. The van der Waals surface area contributed by atoms with E-state index in [0.29, 0.717) is 0 Å². The number of hydrogen-bond donors (Lipinski definition) is 6. The minimum absolute atomic E-state index is 0.0238. The summed E-state index contributed by atoms with van der Waals surface area (Å²) in [5.74, 6) is -2.07. The fourth-order valence-electron chi connectivity index (χ4n) is 3.55. The number of nitrogens with one attached hydrogen (secondary N) is 1. The predicted molar refractivity (Wildman–Crippen MR) is 64.1 cm³/mol. The molecule has 0 aromatic heterocycles. The van der Waals surface area contributed by atoms with Crippen LogP contribution >= 0.6 is 0 Å². The Bertz CT molecular complexity index is 495. The van der Waals surface area contributed by atoms with Crippen molar-refractivity contribution in [3.63, 3.8) is 0 Å². The second-order valence-electron chi connectivity index (χ2n) is 5.86. The van der Waals surface area contributed by atoms with E-state index in [-0.39, 0.29) is 12.4 Å². The molecule has 3 rings (SSSR count). The molecule has 3 aliphatic rings. The number of carbonyl (C=O) groups excluding carboxylic acids is 1. The fourth-order valence-corrected chi connectivity index (χ4v) is 3.55. The van der Waals surface area contributed by atoms with E-state index in [4.69, 9.17) is 10.5 Å². The van der Waals surface area contributed by atoms with Gasteiger partial charge in [0.25, 0.3) is 0 Å². The van der Waals surface area contributed by atoms with Gasteiger partial charge < -0.3 is 36.2 Å². The van der Waals surface area contributed by atoms with Crippen LogP contribution in [0.5, 0.6) is 0 Å². The Hall–Kier alpha value is -1.42. The summed E-state index contributed by atoms with van der Waals surface area (Å²) in [5, 5.41) is 43.6. The van der Waals surface area contributed by atoms with Gasteiger partial charge in [-0.3, -0.25) is 0 Å². The smallest absolute Gasteiger partial charge is 0.338 e. The molecule has 0 amide bonds. The number of aliphatic hydroxyl groups excluding tert-OH is 3. The number of esters is 1. The Balaban J connectivity index is 2.16. The van der Waals surface area contributed by atoms with Gasteiger partial charge in [0.15, 0.2) is 24.4 Å². The Morgan fingerprint density at radius 1 is 1.45 bits per heavy atom. The summed E-state index contributed by atoms with van der Waals surface area (Å²) in [5.41, 5.74) is 2.38. The van der Waals surface area contributed by atoms with Gasteiger partial charge in [-0.1, -0.05) is 0 Å². The van der Waals surface area contributed by atoms with E-state index < -0.39 is 47.6 Å². The number of carbonyl (C=O) groups is 1. The summed E-state index contributed by atoms with van der Waals surface area (Å²) in [6.45, 7) is 1.39. The SMILES string of the molecule is C[C@]1(O)C[C@@H]2[C@H](O)N=C(N)N[C@@]23C(O)[C@@H]1OC(=O)[C@H]3O. The van der Waals surface area contributed by atoms with Crippen LogP contribution in [-0.4, -0.2) is 68.0 Å². The third kappa shape index (κ3) is 1.46. The minimum Gasteiger partial charge on any atom is -0.454 e. The molecule has 7 N–H and O–H groups in total. The molecular weight excluding hydrogens is 270 g/mol. The molecule has 1 aliphatic carbocycles. The summed E-state index contributed by atoms with van der Waals surface area (Å²) in [6.07, 6.45) is -5.75. The van der Waals surface area contributed by atoms with Crippen molar-refractivity contribution in [3.05, 3.63) is 0 Å². The molecule has 2 aliphatic heterocycles. The quantitative estimate of drug-likeness (QED) is 0.249. The molecule has 1 spiro atoms. The van der Waals surface area contributed by atoms with E-state index in [2.05, 4.69) is 10.3 Å². The Kier molecular flexibility index (Phi) is 2.59. The van der Waals surface area contributed by atoms with E-state index in [0.717, 1.165) is 0 Å². The average Bonchev–Trinajstić information content (AvgIpc) is 2.33. The average molecular weight is 287 g/mol. The Morgan fingerprint density at radius 2 is 2.10 bits per heavy atom. The molecule has 2 heterocycles. The van der Waals surface area contributed by atoms with Gasteiger partial charge in [0, 0.05) is 5.92 Å². The predicted octanol–water partition coefficient (Wildman–Crippen LogP) is -3.62. The molecule has 1 saturated carbocycles. The minimum atomic E-state index is -1.72. The lowest BCUT2D eigenvalue weighted by Crippen LogP contribution is -2.84. The molecule has 112 valence electrons. The fraction of sp³-hybridized carbons (Fsp3) is 0.818. The second-order valence-corrected chi connectivity index (χ2v) is 5.86. The van der Waals surface area contributed by atoms with Crippen molar-refractivity contribution in [1.82, 2.24) is 5.32 Å². The van der Waals surface area contributed by atoms with Crippen LogP contribution in [0.15, 0.2) is 4.99 Å². The van der Waals surface area contributed by atoms with Crippen LogP contribution in [0.4, 0.5) is 0 Å². The maximum Gasteiger partial charge on any atom is 0.338 e. The second kappa shape index (κ2) is 3.82. The number of nitrogens with zero attached hydrogens (tertiary/aromatic N) is 1. The highest BCUT2D eigenvalue weighted by molar-refractivity contribution is 5.84. The Labute approximate surface area is 114 Å². The molecule has 1 saturated heterocycles. The van der Waals surface area contributed by atoms with Gasteiger partial charge >= 0.3 is 5.97 Å². The highest BCUT2D eigenvalue weighted by Crippen LogP contribution is 2.48. The van der Waals surface area contributed by atoms with Gasteiger partial charge in [-0.2, -0.15) is 0 Å². The molecule has 9 heteroatoms. The Morgan fingerprint density at radius 3 is 2.75 bits per heavy atom. The summed E-state index contributed by atoms with van der Waals surface area (Å²) in [6, 6.07) is 0. The lowest BCUT2D eigenvalue weighted by Gasteiger charge is -2.60. The number of ether oxygens (including phenoxy) is 1. The lowest BCUT2D eigenvalue weighted by atomic mass is 9.59. The number of nitrogens with two attached hydrogens (primary N) is 1. The third-order valence-corrected chi connectivity index (χ3v) is 4.53. The highest BCUT2D eigenvalue weighted by atomic mass is 16.6. The van der Waals surface area contributed by atoms with E-state index in [9.17, 15) is 25.2 Å². The first kappa shape index (κ1) is 13.6. The molecular formula is C11H17N3O6. The normalized spacial score (nSPS) is 54.4. The summed E-state index contributed by atoms with van der Waals surface area (Å²) < 4.78 is 4.92. The number of rotatable bonds is 0. The number of guanidine groups is 1. The van der Waals surface area contributed by atoms with Crippen molar-refractivity contribution in [2.75, 3.05) is 0 Å². The van der Waals surface area contributed by atoms with Crippen LogP contribution in [0.1, 0.15) is 13.3 Å². The maximum atomic E-state index is 11.8. The van der Waals surface area contributed by atoms with Gasteiger partial charge in [-0.05, 0) is 13.3 Å². The first-order valence-electron chi connectivity index (χ1n) is 6.28. The third-order valence-electron chi connectivity index (χ3n) is 4.53. The van der Waals surface area contributed by atoms with Crippen LogP contribution in [0, 0.1) is 5.92 Å². The first-order valence-corrected chi connectivity index (χ1v) is 6.28. The van der Waals surface area contributed by atoms with Crippen molar-refractivity contribution in [3.8, 4) is 0 Å². The monoisotopic (exact) mass is 287 g/mol. The topological polar surface area (TPSA) is 158 Å². The maximum absolute atomic E-state index is 11.8. The van der Waals surface area contributed by atoms with Gasteiger partial charge in [0.1, 0.15) is 17.2 Å². The van der Waals surface area contributed by atoms with E-state index in [1.807, 2.05) is 0 Å². The molecule has 9 nitrogen and oxygen atoms in total. The van der Waals surface area contributed by atoms with Crippen LogP contribution in [0.3, 0.4) is 0 Å². The van der Waals surface area contributed by atoms with Crippen molar-refractivity contribution in [2.45, 2.75) is 49.0 Å². The molecule has 7 atom stereocenters.